The third kappa shape index (κ3) is 4.24. The molecule has 0 atom stereocenters. The quantitative estimate of drug-likeness (QED) is 0.386. The molecule has 0 heterocycles. The van der Waals surface area contributed by atoms with E-state index < -0.39 is 11.9 Å². The van der Waals surface area contributed by atoms with Gasteiger partial charge in [-0.15, -0.1) is 0 Å². The van der Waals surface area contributed by atoms with E-state index in [2.05, 4.69) is 9.78 Å². The lowest BCUT2D eigenvalue weighted by Gasteiger charge is -1.99. The molecule has 0 aliphatic heterocycles. The summed E-state index contributed by atoms with van der Waals surface area (Å²) in [6.07, 6.45) is 1.58. The summed E-state index contributed by atoms with van der Waals surface area (Å²) >= 11 is 0. The number of hydrogen-bond acceptors (Lipinski definition) is 6. The molecule has 0 aliphatic carbocycles. The van der Waals surface area contributed by atoms with Crippen molar-refractivity contribution in [1.82, 2.24) is 0 Å². The molecule has 0 radical (unpaired) electrons. The summed E-state index contributed by atoms with van der Waals surface area (Å²) in [5, 5.41) is 15.9. The van der Waals surface area contributed by atoms with Gasteiger partial charge in [-0.05, 0) is 6.42 Å². The van der Waals surface area contributed by atoms with Gasteiger partial charge in [0, 0.05) is 11.6 Å². The molecule has 0 amide bonds. The van der Waals surface area contributed by atoms with Gasteiger partial charge in [0.15, 0.2) is 0 Å². The first kappa shape index (κ1) is 11.6. The van der Waals surface area contributed by atoms with Crippen molar-refractivity contribution in [2.75, 3.05) is 0 Å². The lowest BCUT2D eigenvalue weighted by atomic mass is 10.1. The van der Waals surface area contributed by atoms with Crippen LogP contribution in [0.5, 0.6) is 0 Å². The Labute approximate surface area is 74.2 Å². The number of carbonyl (C=O) groups excluding carboxylic acids is 2. The Morgan fingerprint density at radius 2 is 1.92 bits per heavy atom. The molecule has 0 aromatic heterocycles. The first-order valence-corrected chi connectivity index (χ1v) is 3.57. The summed E-state index contributed by atoms with van der Waals surface area (Å²) in [7, 11) is 0. The van der Waals surface area contributed by atoms with E-state index in [9.17, 15) is 9.59 Å². The minimum atomic E-state index is -1.09. The summed E-state index contributed by atoms with van der Waals surface area (Å²) in [5.74, 6) is -2.12. The predicted molar refractivity (Wildman–Crippen MR) is 40.4 cm³/mol. The van der Waals surface area contributed by atoms with E-state index in [0.717, 1.165) is 6.08 Å². The average Bonchev–Trinajstić information content (AvgIpc) is 2.15. The molecule has 0 aromatic carbocycles. The third-order valence-electron chi connectivity index (χ3n) is 1.25. The first-order valence-electron chi connectivity index (χ1n) is 3.57. The SMILES string of the molecule is CCC/C(=C\C(=O)OO)C(=O)OO. The Morgan fingerprint density at radius 1 is 1.31 bits per heavy atom. The van der Waals surface area contributed by atoms with Gasteiger partial charge < -0.3 is 0 Å². The van der Waals surface area contributed by atoms with Crippen LogP contribution in [0, 0.1) is 0 Å². The molecule has 74 valence electrons. The predicted octanol–water partition coefficient (Wildman–Crippen LogP) is 0.745. The van der Waals surface area contributed by atoms with Crippen molar-refractivity contribution in [1.29, 1.82) is 0 Å². The summed E-state index contributed by atoms with van der Waals surface area (Å²) in [4.78, 5) is 27.9. The van der Waals surface area contributed by atoms with E-state index in [0.29, 0.717) is 6.42 Å². The summed E-state index contributed by atoms with van der Waals surface area (Å²) < 4.78 is 0. The van der Waals surface area contributed by atoms with Crippen molar-refractivity contribution in [3.8, 4) is 0 Å². The number of carbonyl (C=O) groups is 2. The highest BCUT2D eigenvalue weighted by molar-refractivity contribution is 5.95. The second kappa shape index (κ2) is 6.15. The normalized spacial score (nSPS) is 10.8. The van der Waals surface area contributed by atoms with Crippen LogP contribution in [0.4, 0.5) is 0 Å². The van der Waals surface area contributed by atoms with Crippen LogP contribution >= 0.6 is 0 Å². The van der Waals surface area contributed by atoms with Crippen LogP contribution in [-0.4, -0.2) is 22.5 Å². The minimum Gasteiger partial charge on any atom is -0.296 e. The fourth-order valence-electron chi connectivity index (χ4n) is 0.730. The lowest BCUT2D eigenvalue weighted by Crippen LogP contribution is -2.08. The fraction of sp³-hybridized carbons (Fsp3) is 0.429. The molecule has 0 bridgehead atoms. The van der Waals surface area contributed by atoms with Crippen LogP contribution in [0.25, 0.3) is 0 Å². The van der Waals surface area contributed by atoms with Gasteiger partial charge in [0.05, 0.1) is 0 Å². The average molecular weight is 190 g/mol. The van der Waals surface area contributed by atoms with E-state index >= 15 is 0 Å². The molecule has 0 fully saturated rings. The van der Waals surface area contributed by atoms with Crippen molar-refractivity contribution in [3.05, 3.63) is 11.6 Å². The molecule has 0 saturated heterocycles. The molecule has 0 saturated carbocycles. The van der Waals surface area contributed by atoms with E-state index in [-0.39, 0.29) is 12.0 Å². The largest absolute Gasteiger partial charge is 0.369 e. The van der Waals surface area contributed by atoms with Crippen LogP contribution < -0.4 is 0 Å². The Bertz CT molecular complexity index is 219. The van der Waals surface area contributed by atoms with Gasteiger partial charge in [0.2, 0.25) is 0 Å². The van der Waals surface area contributed by atoms with Crippen molar-refractivity contribution >= 4 is 11.9 Å². The zero-order chi connectivity index (χ0) is 10.3. The summed E-state index contributed by atoms with van der Waals surface area (Å²) in [6, 6.07) is 0. The van der Waals surface area contributed by atoms with Gasteiger partial charge in [-0.25, -0.2) is 9.59 Å². The van der Waals surface area contributed by atoms with Crippen molar-refractivity contribution in [3.63, 3.8) is 0 Å². The maximum atomic E-state index is 10.7. The highest BCUT2D eigenvalue weighted by atomic mass is 17.1. The number of hydrogen-bond donors (Lipinski definition) is 2. The van der Waals surface area contributed by atoms with Gasteiger partial charge in [0.25, 0.3) is 0 Å². The van der Waals surface area contributed by atoms with Gasteiger partial charge in [-0.1, -0.05) is 13.3 Å². The van der Waals surface area contributed by atoms with Gasteiger partial charge in [0.1, 0.15) is 0 Å². The van der Waals surface area contributed by atoms with E-state index in [4.69, 9.17) is 10.5 Å². The van der Waals surface area contributed by atoms with Crippen LogP contribution in [-0.2, 0) is 19.4 Å². The Morgan fingerprint density at radius 3 is 2.31 bits per heavy atom. The van der Waals surface area contributed by atoms with E-state index in [1.807, 2.05) is 0 Å². The topological polar surface area (TPSA) is 93.1 Å². The summed E-state index contributed by atoms with van der Waals surface area (Å²) in [6.45, 7) is 1.77. The molecule has 2 N–H and O–H groups in total. The van der Waals surface area contributed by atoms with Crippen LogP contribution in [0.15, 0.2) is 11.6 Å². The molecule has 0 aromatic rings. The van der Waals surface area contributed by atoms with Crippen molar-refractivity contribution < 1.29 is 29.9 Å². The standard InChI is InChI=1S/C7H10O6/c1-2-3-5(7(9)13-11)4-6(8)12-10/h4,10-11H,2-3H2,1H3/b5-4+. The maximum Gasteiger partial charge on any atom is 0.369 e. The molecular formula is C7H10O6. The highest BCUT2D eigenvalue weighted by Gasteiger charge is 2.12. The van der Waals surface area contributed by atoms with Crippen LogP contribution in [0.3, 0.4) is 0 Å². The minimum absolute atomic E-state index is 0.0657. The molecule has 13 heavy (non-hydrogen) atoms. The smallest absolute Gasteiger partial charge is 0.296 e. The fourth-order valence-corrected chi connectivity index (χ4v) is 0.730. The first-order chi connectivity index (χ1) is 6.15. The number of rotatable bonds is 4. The van der Waals surface area contributed by atoms with Crippen LogP contribution in [0.1, 0.15) is 19.8 Å². The Balaban J connectivity index is 4.48. The zero-order valence-corrected chi connectivity index (χ0v) is 7.02. The lowest BCUT2D eigenvalue weighted by molar-refractivity contribution is -0.231. The van der Waals surface area contributed by atoms with Gasteiger partial charge in [-0.2, -0.15) is 10.5 Å². The van der Waals surface area contributed by atoms with Crippen molar-refractivity contribution in [2.24, 2.45) is 0 Å². The molecular weight excluding hydrogens is 180 g/mol. The van der Waals surface area contributed by atoms with Crippen LogP contribution in [0.2, 0.25) is 0 Å². The second-order valence-corrected chi connectivity index (χ2v) is 2.21. The van der Waals surface area contributed by atoms with Crippen molar-refractivity contribution in [2.45, 2.75) is 19.8 Å². The molecule has 6 heteroatoms. The van der Waals surface area contributed by atoms with Gasteiger partial charge >= 0.3 is 11.9 Å². The highest BCUT2D eigenvalue weighted by Crippen LogP contribution is 2.06. The van der Waals surface area contributed by atoms with Gasteiger partial charge in [-0.3, -0.25) is 9.78 Å². The summed E-state index contributed by atoms with van der Waals surface area (Å²) in [5.41, 5.74) is -0.0657. The second-order valence-electron chi connectivity index (χ2n) is 2.21. The Kier molecular flexibility index (Phi) is 5.49. The third-order valence-corrected chi connectivity index (χ3v) is 1.25. The monoisotopic (exact) mass is 190 g/mol. The zero-order valence-electron chi connectivity index (χ0n) is 7.02. The molecule has 0 aliphatic rings. The molecule has 0 spiro atoms. The molecule has 0 unspecified atom stereocenters. The molecule has 0 rings (SSSR count). The molecule has 6 nitrogen and oxygen atoms in total. The van der Waals surface area contributed by atoms with E-state index in [1.54, 1.807) is 6.92 Å². The Hall–Kier alpha value is -1.40. The van der Waals surface area contributed by atoms with E-state index in [1.165, 1.54) is 0 Å². The maximum absolute atomic E-state index is 10.7.